The van der Waals surface area contributed by atoms with Crippen molar-refractivity contribution in [2.24, 2.45) is 5.92 Å². The molecular weight excluding hydrogens is 238 g/mol. The van der Waals surface area contributed by atoms with Crippen LogP contribution in [0, 0.1) is 5.92 Å². The van der Waals surface area contributed by atoms with Crippen LogP contribution in [0.15, 0.2) is 18.2 Å². The van der Waals surface area contributed by atoms with E-state index in [1.54, 1.807) is 0 Å². The molecule has 0 radical (unpaired) electrons. The lowest BCUT2D eigenvalue weighted by Crippen LogP contribution is -2.16. The minimum absolute atomic E-state index is 0.166. The maximum Gasteiger partial charge on any atom is 0.338 e. The Morgan fingerprint density at radius 2 is 2.11 bits per heavy atom. The monoisotopic (exact) mass is 259 g/mol. The van der Waals surface area contributed by atoms with Gasteiger partial charge in [0.25, 0.3) is 0 Å². The number of nitrogens with one attached hydrogen (secondary N) is 1. The van der Waals surface area contributed by atoms with Gasteiger partial charge in [-0.1, -0.05) is 19.3 Å². The third-order valence-electron chi connectivity index (χ3n) is 4.23. The fourth-order valence-corrected chi connectivity index (χ4v) is 3.06. The summed E-state index contributed by atoms with van der Waals surface area (Å²) in [4.78, 5) is 12.0. The van der Waals surface area contributed by atoms with Crippen molar-refractivity contribution in [2.75, 3.05) is 18.5 Å². The summed E-state index contributed by atoms with van der Waals surface area (Å²) in [5, 5.41) is 3.30. The van der Waals surface area contributed by atoms with Gasteiger partial charge in [-0.3, -0.25) is 0 Å². The summed E-state index contributed by atoms with van der Waals surface area (Å²) < 4.78 is 5.47. The molecule has 3 nitrogen and oxygen atoms in total. The fourth-order valence-electron chi connectivity index (χ4n) is 3.06. The number of hydrogen-bond acceptors (Lipinski definition) is 3. The zero-order chi connectivity index (χ0) is 13.1. The molecule has 1 aliphatic carbocycles. The Morgan fingerprint density at radius 3 is 2.95 bits per heavy atom. The van der Waals surface area contributed by atoms with E-state index in [2.05, 4.69) is 5.32 Å². The minimum Gasteiger partial charge on any atom is -0.462 e. The van der Waals surface area contributed by atoms with Crippen LogP contribution in [0.2, 0.25) is 0 Å². The molecular formula is C16H21NO2. The molecule has 19 heavy (non-hydrogen) atoms. The molecule has 3 rings (SSSR count). The third-order valence-corrected chi connectivity index (χ3v) is 4.23. The van der Waals surface area contributed by atoms with Crippen molar-refractivity contribution < 1.29 is 9.53 Å². The third kappa shape index (κ3) is 2.91. The molecule has 1 saturated carbocycles. The summed E-state index contributed by atoms with van der Waals surface area (Å²) in [5.41, 5.74) is 3.08. The van der Waals surface area contributed by atoms with Crippen LogP contribution in [0.5, 0.6) is 0 Å². The summed E-state index contributed by atoms with van der Waals surface area (Å²) in [7, 11) is 0. The van der Waals surface area contributed by atoms with Crippen LogP contribution in [0.25, 0.3) is 0 Å². The van der Waals surface area contributed by atoms with Crippen LogP contribution in [0.1, 0.15) is 48.0 Å². The molecule has 1 aliphatic heterocycles. The molecule has 0 saturated heterocycles. The summed E-state index contributed by atoms with van der Waals surface area (Å²) in [6, 6.07) is 5.82. The first-order valence-corrected chi connectivity index (χ1v) is 7.37. The van der Waals surface area contributed by atoms with Crippen molar-refractivity contribution in [1.82, 2.24) is 0 Å². The zero-order valence-electron chi connectivity index (χ0n) is 11.3. The van der Waals surface area contributed by atoms with Gasteiger partial charge < -0.3 is 10.1 Å². The molecule has 0 aromatic heterocycles. The van der Waals surface area contributed by atoms with E-state index in [1.807, 2.05) is 18.2 Å². The standard InChI is InChI=1S/C16H21NO2/c18-16(19-11-12-4-2-1-3-5-12)14-6-7-15-13(10-14)8-9-17-15/h6-7,10,12,17H,1-5,8-9,11H2. The highest BCUT2D eigenvalue weighted by atomic mass is 16.5. The molecule has 0 bridgehead atoms. The number of fused-ring (bicyclic) bond motifs is 1. The van der Waals surface area contributed by atoms with E-state index in [9.17, 15) is 4.79 Å². The van der Waals surface area contributed by atoms with Gasteiger partial charge in [-0.2, -0.15) is 0 Å². The summed E-state index contributed by atoms with van der Waals surface area (Å²) in [5.74, 6) is 0.411. The van der Waals surface area contributed by atoms with Crippen molar-refractivity contribution >= 4 is 11.7 Å². The van der Waals surface area contributed by atoms with Gasteiger partial charge in [-0.05, 0) is 48.9 Å². The minimum atomic E-state index is -0.166. The number of rotatable bonds is 3. The normalized spacial score (nSPS) is 18.7. The molecule has 0 atom stereocenters. The molecule has 0 amide bonds. The van der Waals surface area contributed by atoms with Gasteiger partial charge >= 0.3 is 5.97 Å². The second-order valence-corrected chi connectivity index (χ2v) is 5.65. The molecule has 1 fully saturated rings. The van der Waals surface area contributed by atoms with Crippen molar-refractivity contribution in [1.29, 1.82) is 0 Å². The van der Waals surface area contributed by atoms with Crippen molar-refractivity contribution in [3.8, 4) is 0 Å². The number of anilines is 1. The molecule has 3 heteroatoms. The average Bonchev–Trinajstić information content (AvgIpc) is 2.93. The largest absolute Gasteiger partial charge is 0.462 e. The van der Waals surface area contributed by atoms with Crippen LogP contribution in [-0.4, -0.2) is 19.1 Å². The Kier molecular flexibility index (Phi) is 3.72. The lowest BCUT2D eigenvalue weighted by atomic mass is 9.90. The smallest absolute Gasteiger partial charge is 0.338 e. The maximum absolute atomic E-state index is 12.0. The molecule has 1 N–H and O–H groups in total. The lowest BCUT2D eigenvalue weighted by molar-refractivity contribution is 0.0410. The predicted octanol–water partition coefficient (Wildman–Crippen LogP) is 3.39. The topological polar surface area (TPSA) is 38.3 Å². The van der Waals surface area contributed by atoms with Gasteiger partial charge in [0.2, 0.25) is 0 Å². The summed E-state index contributed by atoms with van der Waals surface area (Å²) in [6.45, 7) is 1.56. The van der Waals surface area contributed by atoms with E-state index in [4.69, 9.17) is 4.74 Å². The van der Waals surface area contributed by atoms with Crippen LogP contribution in [-0.2, 0) is 11.2 Å². The van der Waals surface area contributed by atoms with Gasteiger partial charge in [-0.25, -0.2) is 4.79 Å². The first-order valence-electron chi connectivity index (χ1n) is 7.37. The van der Waals surface area contributed by atoms with Crippen molar-refractivity contribution in [3.05, 3.63) is 29.3 Å². The first-order chi connectivity index (χ1) is 9.33. The highest BCUT2D eigenvalue weighted by Gasteiger charge is 2.18. The number of carbonyl (C=O) groups is 1. The number of benzene rings is 1. The Balaban J connectivity index is 1.57. The Morgan fingerprint density at radius 1 is 1.26 bits per heavy atom. The summed E-state index contributed by atoms with van der Waals surface area (Å²) >= 11 is 0. The predicted molar refractivity (Wildman–Crippen MR) is 75.5 cm³/mol. The van der Waals surface area contributed by atoms with Crippen molar-refractivity contribution in [2.45, 2.75) is 38.5 Å². The van der Waals surface area contributed by atoms with Gasteiger partial charge in [0.15, 0.2) is 0 Å². The van der Waals surface area contributed by atoms with Crippen LogP contribution < -0.4 is 5.32 Å². The SMILES string of the molecule is O=C(OCC1CCCCC1)c1ccc2c(c1)CCN2. The van der Waals surface area contributed by atoms with Crippen LogP contribution in [0.3, 0.4) is 0 Å². The second-order valence-electron chi connectivity index (χ2n) is 5.65. The number of ether oxygens (including phenoxy) is 1. The van der Waals surface area contributed by atoms with Crippen LogP contribution in [0.4, 0.5) is 5.69 Å². The van der Waals surface area contributed by atoms with E-state index in [1.165, 1.54) is 37.7 Å². The van der Waals surface area contributed by atoms with E-state index in [0.29, 0.717) is 18.1 Å². The maximum atomic E-state index is 12.0. The highest BCUT2D eigenvalue weighted by Crippen LogP contribution is 2.25. The average molecular weight is 259 g/mol. The second kappa shape index (κ2) is 5.64. The number of hydrogen-bond donors (Lipinski definition) is 1. The van der Waals surface area contributed by atoms with Gasteiger partial charge in [0.05, 0.1) is 12.2 Å². The molecule has 0 spiro atoms. The highest BCUT2D eigenvalue weighted by molar-refractivity contribution is 5.90. The molecule has 2 aliphatic rings. The van der Waals surface area contributed by atoms with E-state index < -0.39 is 0 Å². The van der Waals surface area contributed by atoms with E-state index in [-0.39, 0.29) is 5.97 Å². The quantitative estimate of drug-likeness (QED) is 0.846. The van der Waals surface area contributed by atoms with Gasteiger partial charge in [-0.15, -0.1) is 0 Å². The molecule has 102 valence electrons. The molecule has 0 unspecified atom stereocenters. The van der Waals surface area contributed by atoms with Crippen molar-refractivity contribution in [3.63, 3.8) is 0 Å². The Labute approximate surface area is 114 Å². The van der Waals surface area contributed by atoms with E-state index in [0.717, 1.165) is 18.7 Å². The molecule has 1 aromatic rings. The summed E-state index contributed by atoms with van der Waals surface area (Å²) in [6.07, 6.45) is 7.32. The van der Waals surface area contributed by atoms with Crippen LogP contribution >= 0.6 is 0 Å². The number of esters is 1. The Bertz CT molecular complexity index is 464. The van der Waals surface area contributed by atoms with Gasteiger partial charge in [0, 0.05) is 12.2 Å². The first kappa shape index (κ1) is 12.5. The fraction of sp³-hybridized carbons (Fsp3) is 0.562. The van der Waals surface area contributed by atoms with Gasteiger partial charge in [0.1, 0.15) is 0 Å². The molecule has 1 heterocycles. The lowest BCUT2D eigenvalue weighted by Gasteiger charge is -2.21. The van der Waals surface area contributed by atoms with E-state index >= 15 is 0 Å². The zero-order valence-corrected chi connectivity index (χ0v) is 11.3. The Hall–Kier alpha value is -1.51. The number of carbonyl (C=O) groups excluding carboxylic acids is 1. The molecule has 1 aromatic carbocycles.